The number of fused-ring (bicyclic) bond motifs is 1. The third-order valence-corrected chi connectivity index (χ3v) is 8.61. The molecule has 3 aromatic rings. The summed E-state index contributed by atoms with van der Waals surface area (Å²) in [7, 11) is -4.85. The Labute approximate surface area is 250 Å². The molecule has 0 spiro atoms. The van der Waals surface area contributed by atoms with E-state index in [9.17, 15) is 52.7 Å². The van der Waals surface area contributed by atoms with Crippen LogP contribution in [0.2, 0.25) is 0 Å². The second-order valence-electron chi connectivity index (χ2n) is 10.4. The summed E-state index contributed by atoms with van der Waals surface area (Å²) in [6.45, 7) is -3.34. The number of alkyl halides is 8. The molecule has 1 heterocycles. The third-order valence-electron chi connectivity index (χ3n) is 6.84. The quantitative estimate of drug-likeness (QED) is 0.268. The van der Waals surface area contributed by atoms with Crippen molar-refractivity contribution in [1.82, 2.24) is 5.32 Å². The Morgan fingerprint density at radius 3 is 2.31 bits per heavy atom. The largest absolute Gasteiger partial charge is 0.484 e. The fraction of sp³-hybridized carbons (Fsp3) is 0.321. The second-order valence-corrected chi connectivity index (χ2v) is 12.2. The topological polar surface area (TPSA) is 84.9 Å². The lowest BCUT2D eigenvalue weighted by Crippen LogP contribution is -2.52. The highest BCUT2D eigenvalue weighted by molar-refractivity contribution is 7.92. The van der Waals surface area contributed by atoms with Crippen LogP contribution >= 0.6 is 0 Å². The molecule has 45 heavy (non-hydrogen) atoms. The van der Waals surface area contributed by atoms with Crippen LogP contribution in [0.3, 0.4) is 0 Å². The van der Waals surface area contributed by atoms with Gasteiger partial charge in [-0.05, 0) is 67.4 Å². The first-order chi connectivity index (χ1) is 20.7. The van der Waals surface area contributed by atoms with Gasteiger partial charge in [0, 0.05) is 6.07 Å². The van der Waals surface area contributed by atoms with Crippen LogP contribution in [0.4, 0.5) is 45.2 Å². The van der Waals surface area contributed by atoms with E-state index in [1.807, 2.05) is 0 Å². The number of amides is 1. The monoisotopic (exact) mass is 670 g/mol. The van der Waals surface area contributed by atoms with E-state index >= 15 is 0 Å². The first-order valence-corrected chi connectivity index (χ1v) is 14.3. The predicted octanol–water partition coefficient (Wildman–Crippen LogP) is 6.77. The molecule has 1 unspecified atom stereocenters. The summed E-state index contributed by atoms with van der Waals surface area (Å²) >= 11 is 0. The molecular formula is C28H23F9N2O5S. The number of anilines is 1. The molecule has 0 radical (unpaired) electrons. The minimum Gasteiger partial charge on any atom is -0.484 e. The number of nitrogens with zero attached hydrogens (tertiary/aromatic N) is 1. The number of rotatable bonds is 8. The molecule has 3 aromatic carbocycles. The van der Waals surface area contributed by atoms with E-state index in [0.29, 0.717) is 36.4 Å². The van der Waals surface area contributed by atoms with Gasteiger partial charge in [0.05, 0.1) is 29.2 Å². The predicted molar refractivity (Wildman–Crippen MR) is 142 cm³/mol. The third kappa shape index (κ3) is 7.23. The van der Waals surface area contributed by atoms with Crippen molar-refractivity contribution in [3.8, 4) is 22.6 Å². The Bertz CT molecular complexity index is 1690. The van der Waals surface area contributed by atoms with Gasteiger partial charge in [0.15, 0.2) is 0 Å². The number of carbonyl (C=O) groups excluding carboxylic acids is 1. The van der Waals surface area contributed by atoms with E-state index in [2.05, 4.69) is 10.1 Å². The van der Waals surface area contributed by atoms with Gasteiger partial charge in [-0.15, -0.1) is 0 Å². The number of benzene rings is 3. The molecule has 17 heteroatoms. The first-order valence-electron chi connectivity index (χ1n) is 12.8. The van der Waals surface area contributed by atoms with Gasteiger partial charge < -0.3 is 14.8 Å². The number of sulfonamides is 1. The molecule has 1 aliphatic heterocycles. The van der Waals surface area contributed by atoms with Crippen LogP contribution < -0.4 is 19.1 Å². The molecule has 0 saturated heterocycles. The standard InChI is InChI=1S/C28H23F9N2O5S/c1-26(2,28(35,36)37)24(40)38-13-20-14-39(45(41,42)21-5-3-4-17(11-21)27(32,33)34)22-10-15(6-7-23(22)43-20)16-8-18(29)12-19(9-16)44-25(30)31/h3-12,20,25H,13-14H2,1-2H3,(H,38,40). The number of nitrogens with one attached hydrogen (secondary N) is 1. The Balaban J connectivity index is 1.77. The molecule has 1 amide bonds. The van der Waals surface area contributed by atoms with E-state index in [-0.39, 0.29) is 22.6 Å². The summed E-state index contributed by atoms with van der Waals surface area (Å²) in [4.78, 5) is 11.5. The molecule has 0 bridgehead atoms. The molecular weight excluding hydrogens is 647 g/mol. The van der Waals surface area contributed by atoms with Crippen molar-refractivity contribution in [2.75, 3.05) is 17.4 Å². The molecule has 1 N–H and O–H groups in total. The van der Waals surface area contributed by atoms with Crippen molar-refractivity contribution in [1.29, 1.82) is 0 Å². The zero-order valence-electron chi connectivity index (χ0n) is 23.1. The highest BCUT2D eigenvalue weighted by atomic mass is 32.2. The average Bonchev–Trinajstić information content (AvgIpc) is 2.93. The number of ether oxygens (including phenoxy) is 2. The number of hydrogen-bond acceptors (Lipinski definition) is 5. The van der Waals surface area contributed by atoms with Gasteiger partial charge in [-0.2, -0.15) is 35.1 Å². The van der Waals surface area contributed by atoms with Gasteiger partial charge in [0.1, 0.15) is 28.8 Å². The van der Waals surface area contributed by atoms with Crippen LogP contribution in [-0.4, -0.2) is 46.3 Å². The molecule has 1 atom stereocenters. The average molecular weight is 671 g/mol. The fourth-order valence-electron chi connectivity index (χ4n) is 4.24. The zero-order chi connectivity index (χ0) is 33.5. The van der Waals surface area contributed by atoms with Crippen LogP contribution in [0, 0.1) is 11.2 Å². The number of carbonyl (C=O) groups is 1. The zero-order valence-corrected chi connectivity index (χ0v) is 24.0. The van der Waals surface area contributed by atoms with E-state index in [4.69, 9.17) is 4.74 Å². The molecule has 244 valence electrons. The number of hydrogen-bond donors (Lipinski definition) is 1. The second kappa shape index (κ2) is 12.0. The lowest BCUT2D eigenvalue weighted by Gasteiger charge is -2.36. The molecule has 0 saturated carbocycles. The summed E-state index contributed by atoms with van der Waals surface area (Å²) in [5.74, 6) is -3.20. The minimum atomic E-state index is -4.93. The Hall–Kier alpha value is -4.15. The van der Waals surface area contributed by atoms with Crippen molar-refractivity contribution in [3.05, 3.63) is 72.0 Å². The van der Waals surface area contributed by atoms with Crippen LogP contribution in [0.1, 0.15) is 19.4 Å². The van der Waals surface area contributed by atoms with Crippen molar-refractivity contribution in [2.45, 2.75) is 43.8 Å². The highest BCUT2D eigenvalue weighted by Crippen LogP contribution is 2.42. The maximum atomic E-state index is 14.2. The van der Waals surface area contributed by atoms with E-state index in [1.165, 1.54) is 12.1 Å². The minimum absolute atomic E-state index is 0.0476. The van der Waals surface area contributed by atoms with Gasteiger partial charge in [0.25, 0.3) is 10.0 Å². The van der Waals surface area contributed by atoms with E-state index < -0.39 is 81.5 Å². The fourth-order valence-corrected chi connectivity index (χ4v) is 5.79. The highest BCUT2D eigenvalue weighted by Gasteiger charge is 2.53. The van der Waals surface area contributed by atoms with Crippen LogP contribution in [0.5, 0.6) is 11.5 Å². The molecule has 0 fully saturated rings. The molecule has 0 aliphatic carbocycles. The summed E-state index contributed by atoms with van der Waals surface area (Å²) in [6, 6.07) is 9.04. The maximum Gasteiger partial charge on any atom is 0.416 e. The summed E-state index contributed by atoms with van der Waals surface area (Å²) < 4.78 is 158. The summed E-state index contributed by atoms with van der Waals surface area (Å²) in [5, 5.41) is 2.06. The van der Waals surface area contributed by atoms with Gasteiger partial charge in [0.2, 0.25) is 5.91 Å². The van der Waals surface area contributed by atoms with Crippen molar-refractivity contribution in [2.24, 2.45) is 5.41 Å². The number of halogens is 9. The molecule has 7 nitrogen and oxygen atoms in total. The lowest BCUT2D eigenvalue weighted by atomic mass is 9.91. The van der Waals surface area contributed by atoms with E-state index in [0.717, 1.165) is 30.3 Å². The van der Waals surface area contributed by atoms with Gasteiger partial charge in [-0.25, -0.2) is 12.8 Å². The van der Waals surface area contributed by atoms with Crippen LogP contribution in [0.15, 0.2) is 65.6 Å². The molecule has 0 aromatic heterocycles. The van der Waals surface area contributed by atoms with Crippen molar-refractivity contribution in [3.63, 3.8) is 0 Å². The lowest BCUT2D eigenvalue weighted by molar-refractivity contribution is -0.211. The van der Waals surface area contributed by atoms with Crippen LogP contribution in [0.25, 0.3) is 11.1 Å². The summed E-state index contributed by atoms with van der Waals surface area (Å²) in [5.41, 5.74) is -4.37. The molecule has 4 rings (SSSR count). The first kappa shape index (κ1) is 33.7. The Morgan fingerprint density at radius 1 is 1.00 bits per heavy atom. The van der Waals surface area contributed by atoms with Crippen molar-refractivity contribution < 1.29 is 62.2 Å². The van der Waals surface area contributed by atoms with Gasteiger partial charge >= 0.3 is 19.0 Å². The smallest absolute Gasteiger partial charge is 0.416 e. The molecule has 1 aliphatic rings. The van der Waals surface area contributed by atoms with Crippen LogP contribution in [-0.2, 0) is 21.0 Å². The summed E-state index contributed by atoms with van der Waals surface area (Å²) in [6.07, 6.45) is -11.2. The maximum absolute atomic E-state index is 14.2. The SMILES string of the molecule is CC(C)(C(=O)NCC1CN(S(=O)(=O)c2cccc(C(F)(F)F)c2)c2cc(-c3cc(F)cc(OC(F)F)c3)ccc2O1)C(F)(F)F. The normalized spacial score (nSPS) is 15.8. The Morgan fingerprint density at radius 2 is 1.69 bits per heavy atom. The van der Waals surface area contributed by atoms with Gasteiger partial charge in [-0.3, -0.25) is 9.10 Å². The van der Waals surface area contributed by atoms with Gasteiger partial charge in [-0.1, -0.05) is 12.1 Å². The van der Waals surface area contributed by atoms with Crippen molar-refractivity contribution >= 4 is 21.6 Å². The Kier molecular flexibility index (Phi) is 8.98. The van der Waals surface area contributed by atoms with E-state index in [1.54, 1.807) is 0 Å².